The van der Waals surface area contributed by atoms with Crippen LogP contribution in [0.3, 0.4) is 0 Å². The van der Waals surface area contributed by atoms with Crippen molar-refractivity contribution in [2.45, 2.75) is 43.6 Å². The molecule has 2 aliphatic rings. The highest BCUT2D eigenvalue weighted by atomic mass is 19.1. The minimum absolute atomic E-state index is 0.0101. The number of hydrogen-bond donors (Lipinski definition) is 2. The number of hydrogen-bond acceptors (Lipinski definition) is 6. The largest absolute Gasteiger partial charge is 0.507 e. The molecule has 4 heterocycles. The van der Waals surface area contributed by atoms with Crippen LogP contribution >= 0.6 is 0 Å². The summed E-state index contributed by atoms with van der Waals surface area (Å²) >= 11 is 0. The van der Waals surface area contributed by atoms with Crippen LogP contribution in [0.4, 0.5) is 4.39 Å². The van der Waals surface area contributed by atoms with Gasteiger partial charge in [0.2, 0.25) is 0 Å². The lowest BCUT2D eigenvalue weighted by molar-refractivity contribution is 0.0915. The Hall–Kier alpha value is -3.10. The van der Waals surface area contributed by atoms with Crippen LogP contribution in [-0.4, -0.2) is 55.6 Å². The second-order valence-corrected chi connectivity index (χ2v) is 8.43. The van der Waals surface area contributed by atoms with E-state index in [0.717, 1.165) is 5.69 Å². The third-order valence-electron chi connectivity index (χ3n) is 6.30. The van der Waals surface area contributed by atoms with Gasteiger partial charge in [0.05, 0.1) is 47.4 Å². The van der Waals surface area contributed by atoms with Crippen molar-refractivity contribution in [1.82, 2.24) is 24.8 Å². The zero-order chi connectivity index (χ0) is 21.6. The number of phenolic OH excluding ortho intramolecular Hbond substituents is 1. The Morgan fingerprint density at radius 2 is 2.19 bits per heavy atom. The maximum atomic E-state index is 15.2. The minimum atomic E-state index is -1.11. The number of nitrogens with one attached hydrogen (secondary N) is 1. The lowest BCUT2D eigenvalue weighted by Gasteiger charge is -2.36. The standard InChI is InChI=1S/C23H24FN5O2/c1-23-10-21(31-2)18(28-23)8-14(22(23)24)7-15-11-27-19(12-26-15)17-4-3-16(9-20(17)30)29-6-5-25-13-29/h3-7,9,11-13,18,21-22,28,30H,8,10H2,1-2H3/b14-7+/t18?,21-,22+,23+/m1/s1. The molecule has 3 aromatic rings. The van der Waals surface area contributed by atoms with Crippen LogP contribution in [0.5, 0.6) is 5.75 Å². The summed E-state index contributed by atoms with van der Waals surface area (Å²) in [4.78, 5) is 12.9. The zero-order valence-corrected chi connectivity index (χ0v) is 17.4. The monoisotopic (exact) mass is 421 g/mol. The molecule has 0 aliphatic carbocycles. The number of aromatic nitrogens is 4. The number of halogens is 1. The number of rotatable bonds is 4. The smallest absolute Gasteiger partial charge is 0.139 e. The van der Waals surface area contributed by atoms with E-state index in [1.165, 1.54) is 0 Å². The molecular weight excluding hydrogens is 397 g/mol. The Morgan fingerprint density at radius 1 is 1.32 bits per heavy atom. The number of piperidine rings is 1. The Bertz CT molecular complexity index is 1120. The summed E-state index contributed by atoms with van der Waals surface area (Å²) in [6.45, 7) is 1.90. The minimum Gasteiger partial charge on any atom is -0.507 e. The zero-order valence-electron chi connectivity index (χ0n) is 17.4. The lowest BCUT2D eigenvalue weighted by atomic mass is 9.86. The number of phenols is 1. The van der Waals surface area contributed by atoms with E-state index < -0.39 is 11.7 Å². The molecule has 2 aliphatic heterocycles. The number of imidazole rings is 1. The normalized spacial score (nSPS) is 28.9. The predicted octanol–water partition coefficient (Wildman–Crippen LogP) is 3.30. The van der Waals surface area contributed by atoms with Crippen molar-refractivity contribution in [3.05, 3.63) is 60.6 Å². The summed E-state index contributed by atoms with van der Waals surface area (Å²) in [6, 6.07) is 5.42. The predicted molar refractivity (Wildman–Crippen MR) is 114 cm³/mol. The summed E-state index contributed by atoms with van der Waals surface area (Å²) in [6.07, 6.45) is 10.3. The van der Waals surface area contributed by atoms with Gasteiger partial charge in [0.25, 0.3) is 0 Å². The van der Waals surface area contributed by atoms with E-state index >= 15 is 4.39 Å². The van der Waals surface area contributed by atoms with E-state index in [1.807, 2.05) is 13.0 Å². The molecule has 0 saturated carbocycles. The summed E-state index contributed by atoms with van der Waals surface area (Å²) in [7, 11) is 1.68. The molecule has 4 atom stereocenters. The van der Waals surface area contributed by atoms with Crippen molar-refractivity contribution in [2.24, 2.45) is 0 Å². The molecule has 7 nitrogen and oxygen atoms in total. The Kier molecular flexibility index (Phi) is 4.83. The number of nitrogens with zero attached hydrogens (tertiary/aromatic N) is 4. The molecular formula is C23H24FN5O2. The lowest BCUT2D eigenvalue weighted by Crippen LogP contribution is -2.53. The molecule has 2 fully saturated rings. The van der Waals surface area contributed by atoms with Gasteiger partial charge >= 0.3 is 0 Å². The number of alkyl halides is 1. The topological polar surface area (TPSA) is 85.1 Å². The fourth-order valence-corrected chi connectivity index (χ4v) is 4.69. The molecule has 31 heavy (non-hydrogen) atoms. The van der Waals surface area contributed by atoms with Gasteiger partial charge in [-0.05, 0) is 43.5 Å². The third kappa shape index (κ3) is 3.51. The van der Waals surface area contributed by atoms with E-state index in [-0.39, 0.29) is 17.9 Å². The Balaban J connectivity index is 1.38. The van der Waals surface area contributed by atoms with Gasteiger partial charge in [-0.1, -0.05) is 0 Å². The van der Waals surface area contributed by atoms with Gasteiger partial charge < -0.3 is 19.7 Å². The number of benzene rings is 1. The van der Waals surface area contributed by atoms with Crippen LogP contribution in [0, 0.1) is 0 Å². The highest BCUT2D eigenvalue weighted by Gasteiger charge is 2.52. The van der Waals surface area contributed by atoms with E-state index in [1.54, 1.807) is 61.0 Å². The van der Waals surface area contributed by atoms with Gasteiger partial charge in [-0.2, -0.15) is 0 Å². The number of aromatic hydroxyl groups is 1. The fraction of sp³-hybridized carbons (Fsp3) is 0.348. The molecule has 160 valence electrons. The van der Waals surface area contributed by atoms with E-state index in [4.69, 9.17) is 4.74 Å². The van der Waals surface area contributed by atoms with Crippen molar-refractivity contribution in [1.29, 1.82) is 0 Å². The highest BCUT2D eigenvalue weighted by molar-refractivity contribution is 5.68. The van der Waals surface area contributed by atoms with Crippen molar-refractivity contribution in [2.75, 3.05) is 7.11 Å². The summed E-state index contributed by atoms with van der Waals surface area (Å²) in [5, 5.41) is 13.8. The highest BCUT2D eigenvalue weighted by Crippen LogP contribution is 2.42. The first-order valence-corrected chi connectivity index (χ1v) is 10.3. The maximum Gasteiger partial charge on any atom is 0.139 e. The molecule has 5 rings (SSSR count). The molecule has 0 radical (unpaired) electrons. The van der Waals surface area contributed by atoms with Gasteiger partial charge in [0.15, 0.2) is 0 Å². The molecule has 0 spiro atoms. The first-order chi connectivity index (χ1) is 15.0. The van der Waals surface area contributed by atoms with Crippen LogP contribution in [-0.2, 0) is 4.74 Å². The fourth-order valence-electron chi connectivity index (χ4n) is 4.69. The van der Waals surface area contributed by atoms with Gasteiger partial charge in [0.1, 0.15) is 11.9 Å². The molecule has 2 N–H and O–H groups in total. The number of fused-ring (bicyclic) bond motifs is 2. The van der Waals surface area contributed by atoms with Gasteiger partial charge in [-0.15, -0.1) is 0 Å². The van der Waals surface area contributed by atoms with Crippen molar-refractivity contribution in [3.8, 4) is 22.7 Å². The third-order valence-corrected chi connectivity index (χ3v) is 6.30. The molecule has 2 saturated heterocycles. The van der Waals surface area contributed by atoms with E-state index in [2.05, 4.69) is 20.3 Å². The summed E-state index contributed by atoms with van der Waals surface area (Å²) < 4.78 is 22.5. The second kappa shape index (κ2) is 7.55. The first kappa shape index (κ1) is 19.8. The van der Waals surface area contributed by atoms with Gasteiger partial charge in [0, 0.05) is 37.2 Å². The molecule has 2 aromatic heterocycles. The van der Waals surface area contributed by atoms with E-state index in [9.17, 15) is 5.11 Å². The maximum absolute atomic E-state index is 15.2. The van der Waals surface area contributed by atoms with Gasteiger partial charge in [-0.3, -0.25) is 9.97 Å². The number of methoxy groups -OCH3 is 1. The van der Waals surface area contributed by atoms with Crippen LogP contribution in [0.25, 0.3) is 23.0 Å². The van der Waals surface area contributed by atoms with Crippen molar-refractivity contribution >= 4 is 6.08 Å². The van der Waals surface area contributed by atoms with Gasteiger partial charge in [-0.25, -0.2) is 9.37 Å². The molecule has 2 bridgehead atoms. The van der Waals surface area contributed by atoms with Crippen LogP contribution in [0.2, 0.25) is 0 Å². The molecule has 1 aromatic carbocycles. The van der Waals surface area contributed by atoms with Crippen LogP contribution in [0.1, 0.15) is 25.5 Å². The Morgan fingerprint density at radius 3 is 2.87 bits per heavy atom. The second-order valence-electron chi connectivity index (χ2n) is 8.43. The van der Waals surface area contributed by atoms with Crippen molar-refractivity contribution in [3.63, 3.8) is 0 Å². The average molecular weight is 421 g/mol. The molecule has 8 heteroatoms. The van der Waals surface area contributed by atoms with E-state index in [0.29, 0.717) is 35.4 Å². The number of ether oxygens (including phenoxy) is 1. The van der Waals surface area contributed by atoms with Crippen LogP contribution in [0.15, 0.2) is 54.9 Å². The van der Waals surface area contributed by atoms with Crippen LogP contribution < -0.4 is 5.32 Å². The quantitative estimate of drug-likeness (QED) is 0.673. The molecule has 1 unspecified atom stereocenters. The SMILES string of the molecule is CO[C@@H]1C[C@]2(C)NC1C/C(=C\c1cnc(-c3ccc(-n4ccnc4)cc3O)cn1)[C@@H]2F. The first-order valence-electron chi connectivity index (χ1n) is 10.3. The van der Waals surface area contributed by atoms with Crippen molar-refractivity contribution < 1.29 is 14.2 Å². The summed E-state index contributed by atoms with van der Waals surface area (Å²) in [5.74, 6) is 0.101. The average Bonchev–Trinajstić information content (AvgIpc) is 3.40. The summed E-state index contributed by atoms with van der Waals surface area (Å²) in [5.41, 5.74) is 2.60. The Labute approximate surface area is 179 Å². The molecule has 0 amide bonds.